The summed E-state index contributed by atoms with van der Waals surface area (Å²) in [7, 11) is 1.87. The topological polar surface area (TPSA) is 50.1 Å². The second-order valence-electron chi connectivity index (χ2n) is 3.29. The quantitative estimate of drug-likeness (QED) is 0.835. The number of likely N-dealkylation sites (N-methyl/N-ethyl adjacent to an activating group) is 1. The summed E-state index contributed by atoms with van der Waals surface area (Å²) in [5.41, 5.74) is 0.554. The summed E-state index contributed by atoms with van der Waals surface area (Å²) in [5, 5.41) is 18.2. The van der Waals surface area contributed by atoms with Crippen LogP contribution in [0.15, 0.2) is 18.2 Å². The smallest absolute Gasteiger partial charge is 0.143 e. The summed E-state index contributed by atoms with van der Waals surface area (Å²) in [6, 6.07) is 5.21. The summed E-state index contributed by atoms with van der Waals surface area (Å²) >= 11 is 6.13. The molecule has 0 bridgehead atoms. The number of hydrogen-bond acceptors (Lipinski definition) is 3. The fourth-order valence-electron chi connectivity index (χ4n) is 1.47. The molecule has 0 spiro atoms. The van der Waals surface area contributed by atoms with Gasteiger partial charge < -0.3 is 10.4 Å². The van der Waals surface area contributed by atoms with Gasteiger partial charge in [-0.1, -0.05) is 17.7 Å². The molecular weight excluding hydrogens is 214 g/mol. The predicted molar refractivity (Wildman–Crippen MR) is 60.3 cm³/mol. The fourth-order valence-corrected chi connectivity index (χ4v) is 1.75. The van der Waals surface area contributed by atoms with E-state index in [1.165, 1.54) is 0 Å². The van der Waals surface area contributed by atoms with Gasteiger partial charge in [-0.05, 0) is 19.2 Å². The first kappa shape index (κ1) is 10.3. The highest BCUT2D eigenvalue weighted by Crippen LogP contribution is 2.28. The molecule has 80 valence electrons. The van der Waals surface area contributed by atoms with Crippen molar-refractivity contribution in [3.8, 4) is 5.75 Å². The molecular formula is C10H12ClN3O. The van der Waals surface area contributed by atoms with Crippen LogP contribution < -0.4 is 5.32 Å². The Morgan fingerprint density at radius 1 is 1.53 bits per heavy atom. The van der Waals surface area contributed by atoms with Crippen LogP contribution in [0.4, 0.5) is 0 Å². The van der Waals surface area contributed by atoms with Crippen LogP contribution in [0.3, 0.4) is 0 Å². The Bertz CT molecular complexity index is 481. The standard InChI is InChI=1S/C10H12ClN3O/c1-12-5-6-14-10(11)7-3-2-4-8(15)9(7)13-14/h2-4,12,15H,5-6H2,1H3. The van der Waals surface area contributed by atoms with E-state index < -0.39 is 0 Å². The molecule has 0 amide bonds. The van der Waals surface area contributed by atoms with Gasteiger partial charge in [-0.15, -0.1) is 0 Å². The molecule has 0 fully saturated rings. The van der Waals surface area contributed by atoms with E-state index in [-0.39, 0.29) is 5.75 Å². The Balaban J connectivity index is 2.49. The molecule has 4 nitrogen and oxygen atoms in total. The van der Waals surface area contributed by atoms with Gasteiger partial charge in [0.05, 0.1) is 6.54 Å². The summed E-state index contributed by atoms with van der Waals surface area (Å²) in [6.45, 7) is 1.47. The number of rotatable bonds is 3. The second kappa shape index (κ2) is 4.08. The van der Waals surface area contributed by atoms with Crippen molar-refractivity contribution in [2.75, 3.05) is 13.6 Å². The molecule has 5 heteroatoms. The van der Waals surface area contributed by atoms with Crippen LogP contribution in [0.25, 0.3) is 10.9 Å². The van der Waals surface area contributed by atoms with E-state index in [1.54, 1.807) is 16.8 Å². The van der Waals surface area contributed by atoms with Crippen LogP contribution in [0.1, 0.15) is 0 Å². The first-order valence-corrected chi connectivity index (χ1v) is 5.10. The first-order valence-electron chi connectivity index (χ1n) is 4.72. The third kappa shape index (κ3) is 1.78. The number of nitrogens with one attached hydrogen (secondary N) is 1. The van der Waals surface area contributed by atoms with Gasteiger partial charge >= 0.3 is 0 Å². The molecule has 0 unspecified atom stereocenters. The van der Waals surface area contributed by atoms with Crippen molar-refractivity contribution in [3.63, 3.8) is 0 Å². The molecule has 0 radical (unpaired) electrons. The van der Waals surface area contributed by atoms with Crippen LogP contribution in [0, 0.1) is 0 Å². The number of phenolic OH excluding ortho intramolecular Hbond substituents is 1. The van der Waals surface area contributed by atoms with Gasteiger partial charge in [-0.3, -0.25) is 4.68 Å². The number of aromatic hydroxyl groups is 1. The molecule has 1 aromatic carbocycles. The Morgan fingerprint density at radius 2 is 2.33 bits per heavy atom. The number of halogens is 1. The van der Waals surface area contributed by atoms with E-state index in [9.17, 15) is 5.11 Å². The maximum absolute atomic E-state index is 9.58. The third-order valence-corrected chi connectivity index (χ3v) is 2.66. The molecule has 15 heavy (non-hydrogen) atoms. The lowest BCUT2D eigenvalue weighted by atomic mass is 10.2. The minimum atomic E-state index is 0.164. The molecule has 0 saturated heterocycles. The SMILES string of the molecule is CNCCn1nc2c(O)cccc2c1Cl. The highest BCUT2D eigenvalue weighted by molar-refractivity contribution is 6.34. The van der Waals surface area contributed by atoms with E-state index in [0.717, 1.165) is 11.9 Å². The Morgan fingerprint density at radius 3 is 3.00 bits per heavy atom. The van der Waals surface area contributed by atoms with E-state index in [0.29, 0.717) is 17.2 Å². The molecule has 0 aliphatic heterocycles. The minimum Gasteiger partial charge on any atom is -0.506 e. The van der Waals surface area contributed by atoms with Crippen molar-refractivity contribution in [2.45, 2.75) is 6.54 Å². The van der Waals surface area contributed by atoms with Gasteiger partial charge in [0.1, 0.15) is 16.4 Å². The van der Waals surface area contributed by atoms with Gasteiger partial charge in [0, 0.05) is 11.9 Å². The number of aromatic nitrogens is 2. The molecule has 1 heterocycles. The maximum atomic E-state index is 9.58. The fraction of sp³-hybridized carbons (Fsp3) is 0.300. The van der Waals surface area contributed by atoms with Crippen LogP contribution in [0.2, 0.25) is 5.15 Å². The van der Waals surface area contributed by atoms with Gasteiger partial charge in [0.15, 0.2) is 0 Å². The number of hydrogen-bond donors (Lipinski definition) is 2. The lowest BCUT2D eigenvalue weighted by Crippen LogP contribution is -2.15. The Labute approximate surface area is 92.5 Å². The first-order chi connectivity index (χ1) is 7.24. The molecule has 0 aliphatic carbocycles. The van der Waals surface area contributed by atoms with E-state index in [1.807, 2.05) is 13.1 Å². The number of fused-ring (bicyclic) bond motifs is 1. The van der Waals surface area contributed by atoms with Crippen molar-refractivity contribution in [3.05, 3.63) is 23.4 Å². The van der Waals surface area contributed by atoms with Crippen LogP contribution in [0.5, 0.6) is 5.75 Å². The lowest BCUT2D eigenvalue weighted by Gasteiger charge is -2.00. The zero-order valence-electron chi connectivity index (χ0n) is 8.37. The molecule has 2 rings (SSSR count). The lowest BCUT2D eigenvalue weighted by molar-refractivity contribution is 0.478. The molecule has 1 aromatic heterocycles. The Hall–Kier alpha value is -1.26. The molecule has 0 aliphatic rings. The maximum Gasteiger partial charge on any atom is 0.143 e. The van der Waals surface area contributed by atoms with Gasteiger partial charge in [0.2, 0.25) is 0 Å². The van der Waals surface area contributed by atoms with Crippen molar-refractivity contribution in [2.24, 2.45) is 0 Å². The summed E-state index contributed by atoms with van der Waals surface area (Å²) in [6.07, 6.45) is 0. The molecule has 2 aromatic rings. The number of benzene rings is 1. The summed E-state index contributed by atoms with van der Waals surface area (Å²) in [5.74, 6) is 0.164. The normalized spacial score (nSPS) is 11.1. The Kier molecular flexibility index (Phi) is 2.79. The average molecular weight is 226 g/mol. The second-order valence-corrected chi connectivity index (χ2v) is 3.65. The van der Waals surface area contributed by atoms with Crippen LogP contribution in [-0.2, 0) is 6.54 Å². The van der Waals surface area contributed by atoms with Crippen molar-refractivity contribution >= 4 is 22.5 Å². The van der Waals surface area contributed by atoms with E-state index >= 15 is 0 Å². The minimum absolute atomic E-state index is 0.164. The highest BCUT2D eigenvalue weighted by atomic mass is 35.5. The van der Waals surface area contributed by atoms with Crippen LogP contribution >= 0.6 is 11.6 Å². The summed E-state index contributed by atoms with van der Waals surface area (Å²) < 4.78 is 1.68. The van der Waals surface area contributed by atoms with Crippen molar-refractivity contribution in [1.29, 1.82) is 0 Å². The van der Waals surface area contributed by atoms with Gasteiger partial charge in [-0.2, -0.15) is 5.10 Å². The average Bonchev–Trinajstić information content (AvgIpc) is 2.55. The van der Waals surface area contributed by atoms with E-state index in [4.69, 9.17) is 11.6 Å². The third-order valence-electron chi connectivity index (χ3n) is 2.26. The highest BCUT2D eigenvalue weighted by Gasteiger charge is 2.10. The largest absolute Gasteiger partial charge is 0.506 e. The molecule has 0 saturated carbocycles. The van der Waals surface area contributed by atoms with Gasteiger partial charge in [0.25, 0.3) is 0 Å². The van der Waals surface area contributed by atoms with Gasteiger partial charge in [-0.25, -0.2) is 0 Å². The number of nitrogens with zero attached hydrogens (tertiary/aromatic N) is 2. The number of phenols is 1. The van der Waals surface area contributed by atoms with Crippen LogP contribution in [-0.4, -0.2) is 28.5 Å². The monoisotopic (exact) mass is 225 g/mol. The molecule has 0 atom stereocenters. The zero-order valence-corrected chi connectivity index (χ0v) is 9.12. The van der Waals surface area contributed by atoms with Crippen molar-refractivity contribution in [1.82, 2.24) is 15.1 Å². The van der Waals surface area contributed by atoms with Crippen molar-refractivity contribution < 1.29 is 5.11 Å². The van der Waals surface area contributed by atoms with E-state index in [2.05, 4.69) is 10.4 Å². The zero-order chi connectivity index (χ0) is 10.8. The predicted octanol–water partition coefficient (Wildman–Crippen LogP) is 1.61. The molecule has 2 N–H and O–H groups in total. The summed E-state index contributed by atoms with van der Waals surface area (Å²) in [4.78, 5) is 0.